The molecular weight excluding hydrogens is 241 g/mol. The molecule has 1 saturated carbocycles. The Hall–Kier alpha value is -0.800. The minimum absolute atomic E-state index is 0. The summed E-state index contributed by atoms with van der Waals surface area (Å²) < 4.78 is 13.5. The molecule has 17 heavy (non-hydrogen) atoms. The summed E-state index contributed by atoms with van der Waals surface area (Å²) in [5, 5.41) is 9.75. The quantitative estimate of drug-likeness (QED) is 0.855. The maximum atomic E-state index is 13.5. The van der Waals surface area contributed by atoms with Gasteiger partial charge in [-0.2, -0.15) is 0 Å². The average Bonchev–Trinajstić information content (AvgIpc) is 2.79. The summed E-state index contributed by atoms with van der Waals surface area (Å²) in [6.07, 6.45) is 4.53. The number of halogens is 2. The lowest BCUT2D eigenvalue weighted by atomic mass is 9.91. The highest BCUT2D eigenvalue weighted by atomic mass is 35.5. The monoisotopic (exact) mass is 259 g/mol. The Morgan fingerprint density at radius 1 is 1.35 bits per heavy atom. The minimum Gasteiger partial charge on any atom is -0.505 e. The fraction of sp³-hybridized carbons (Fsp3) is 0.538. The lowest BCUT2D eigenvalue weighted by molar-refractivity contribution is 0.390. The molecule has 0 aromatic heterocycles. The standard InChI is InChI=1S/C13H18FNO.ClH/c1-8-6-7-10(13(16)11(8)14)12(15)9-4-2-3-5-9;/h6-7,9,12,16H,2-5,15H2,1H3;1H/t12-;/m1./s1. The van der Waals surface area contributed by atoms with Crippen LogP contribution in [0.4, 0.5) is 4.39 Å². The topological polar surface area (TPSA) is 46.2 Å². The SMILES string of the molecule is Cc1ccc([C@H](N)C2CCCC2)c(O)c1F.Cl. The Kier molecular flexibility index (Phi) is 4.78. The predicted molar refractivity (Wildman–Crippen MR) is 68.9 cm³/mol. The van der Waals surface area contributed by atoms with Crippen molar-refractivity contribution in [1.29, 1.82) is 0 Å². The van der Waals surface area contributed by atoms with Gasteiger partial charge in [0.05, 0.1) is 0 Å². The van der Waals surface area contributed by atoms with E-state index in [1.54, 1.807) is 19.1 Å². The van der Waals surface area contributed by atoms with Gasteiger partial charge >= 0.3 is 0 Å². The van der Waals surface area contributed by atoms with E-state index >= 15 is 0 Å². The van der Waals surface area contributed by atoms with Crippen molar-refractivity contribution < 1.29 is 9.50 Å². The number of phenolic OH excluding ortho intramolecular Hbond substituents is 1. The van der Waals surface area contributed by atoms with E-state index in [9.17, 15) is 9.50 Å². The maximum Gasteiger partial charge on any atom is 0.168 e. The van der Waals surface area contributed by atoms with Gasteiger partial charge in [0.15, 0.2) is 11.6 Å². The molecule has 1 fully saturated rings. The van der Waals surface area contributed by atoms with E-state index in [4.69, 9.17) is 5.73 Å². The lowest BCUT2D eigenvalue weighted by Gasteiger charge is -2.20. The highest BCUT2D eigenvalue weighted by Crippen LogP contribution is 2.38. The molecule has 0 aliphatic heterocycles. The molecule has 2 rings (SSSR count). The summed E-state index contributed by atoms with van der Waals surface area (Å²) >= 11 is 0. The Morgan fingerprint density at radius 3 is 2.53 bits per heavy atom. The van der Waals surface area contributed by atoms with Crippen LogP contribution in [0.15, 0.2) is 12.1 Å². The highest BCUT2D eigenvalue weighted by Gasteiger charge is 2.26. The van der Waals surface area contributed by atoms with Crippen molar-refractivity contribution in [2.45, 2.75) is 38.6 Å². The van der Waals surface area contributed by atoms with E-state index in [-0.39, 0.29) is 24.2 Å². The summed E-state index contributed by atoms with van der Waals surface area (Å²) in [5.74, 6) is -0.418. The third kappa shape index (κ3) is 2.72. The van der Waals surface area contributed by atoms with Crippen molar-refractivity contribution in [1.82, 2.24) is 0 Å². The van der Waals surface area contributed by atoms with E-state index in [0.29, 0.717) is 17.0 Å². The zero-order valence-electron chi connectivity index (χ0n) is 9.95. The van der Waals surface area contributed by atoms with Crippen LogP contribution in [0.5, 0.6) is 5.75 Å². The first-order valence-electron chi connectivity index (χ1n) is 5.85. The van der Waals surface area contributed by atoms with E-state index in [1.165, 1.54) is 12.8 Å². The zero-order chi connectivity index (χ0) is 11.7. The summed E-state index contributed by atoms with van der Waals surface area (Å²) in [6, 6.07) is 3.19. The van der Waals surface area contributed by atoms with Crippen LogP contribution in [-0.2, 0) is 0 Å². The number of nitrogens with two attached hydrogens (primary N) is 1. The minimum atomic E-state index is -0.536. The molecule has 0 bridgehead atoms. The van der Waals surface area contributed by atoms with Gasteiger partial charge in [-0.25, -0.2) is 4.39 Å². The summed E-state index contributed by atoms with van der Waals surface area (Å²) in [6.45, 7) is 1.64. The fourth-order valence-corrected chi connectivity index (χ4v) is 2.52. The lowest BCUT2D eigenvalue weighted by Crippen LogP contribution is -2.19. The Balaban J connectivity index is 0.00000144. The Labute approximate surface area is 107 Å². The van der Waals surface area contributed by atoms with Crippen molar-refractivity contribution in [3.8, 4) is 5.75 Å². The molecule has 1 aliphatic rings. The number of aryl methyl sites for hydroxylation is 1. The van der Waals surface area contributed by atoms with E-state index in [1.807, 2.05) is 0 Å². The van der Waals surface area contributed by atoms with Gasteiger partial charge in [-0.1, -0.05) is 25.0 Å². The summed E-state index contributed by atoms with van der Waals surface area (Å²) in [5.41, 5.74) is 7.10. The predicted octanol–water partition coefficient (Wildman–Crippen LogP) is 3.45. The molecule has 0 amide bonds. The van der Waals surface area contributed by atoms with Crippen LogP contribution in [0, 0.1) is 18.7 Å². The number of rotatable bonds is 2. The van der Waals surface area contributed by atoms with Crippen LogP contribution >= 0.6 is 12.4 Å². The molecule has 0 unspecified atom stereocenters. The smallest absolute Gasteiger partial charge is 0.168 e. The number of hydrogen-bond acceptors (Lipinski definition) is 2. The second-order valence-electron chi connectivity index (χ2n) is 4.70. The van der Waals surface area contributed by atoms with Crippen LogP contribution < -0.4 is 5.73 Å². The van der Waals surface area contributed by atoms with Crippen LogP contribution in [0.3, 0.4) is 0 Å². The second kappa shape index (κ2) is 5.69. The summed E-state index contributed by atoms with van der Waals surface area (Å²) in [7, 11) is 0. The van der Waals surface area contributed by atoms with E-state index < -0.39 is 5.82 Å². The average molecular weight is 260 g/mol. The largest absolute Gasteiger partial charge is 0.505 e. The van der Waals surface area contributed by atoms with Crippen LogP contribution in [0.25, 0.3) is 0 Å². The first-order chi connectivity index (χ1) is 7.61. The number of hydrogen-bond donors (Lipinski definition) is 2. The van der Waals surface area contributed by atoms with Gasteiger partial charge in [-0.05, 0) is 31.2 Å². The van der Waals surface area contributed by atoms with Crippen molar-refractivity contribution >= 4 is 12.4 Å². The molecule has 96 valence electrons. The number of benzene rings is 1. The van der Waals surface area contributed by atoms with Gasteiger partial charge < -0.3 is 10.8 Å². The molecule has 0 saturated heterocycles. The molecule has 1 aromatic rings. The molecule has 1 atom stereocenters. The number of phenols is 1. The van der Waals surface area contributed by atoms with Gasteiger partial charge in [0.2, 0.25) is 0 Å². The molecule has 0 heterocycles. The molecule has 0 spiro atoms. The molecule has 1 aromatic carbocycles. The van der Waals surface area contributed by atoms with Crippen molar-refractivity contribution in [3.63, 3.8) is 0 Å². The molecule has 3 N–H and O–H groups in total. The van der Waals surface area contributed by atoms with Crippen molar-refractivity contribution in [3.05, 3.63) is 29.1 Å². The van der Waals surface area contributed by atoms with E-state index in [2.05, 4.69) is 0 Å². The third-order valence-electron chi connectivity index (χ3n) is 3.61. The van der Waals surface area contributed by atoms with Crippen molar-refractivity contribution in [2.24, 2.45) is 11.7 Å². The van der Waals surface area contributed by atoms with Crippen LogP contribution in [-0.4, -0.2) is 5.11 Å². The second-order valence-corrected chi connectivity index (χ2v) is 4.70. The van der Waals surface area contributed by atoms with Crippen LogP contribution in [0.1, 0.15) is 42.9 Å². The maximum absolute atomic E-state index is 13.5. The molecule has 1 aliphatic carbocycles. The summed E-state index contributed by atoms with van der Waals surface area (Å²) in [4.78, 5) is 0. The molecular formula is C13H19ClFNO. The van der Waals surface area contributed by atoms with Gasteiger partial charge in [-0.3, -0.25) is 0 Å². The molecule has 2 nitrogen and oxygen atoms in total. The third-order valence-corrected chi connectivity index (χ3v) is 3.61. The van der Waals surface area contributed by atoms with Gasteiger partial charge in [0, 0.05) is 11.6 Å². The van der Waals surface area contributed by atoms with Crippen LogP contribution in [0.2, 0.25) is 0 Å². The first-order valence-corrected chi connectivity index (χ1v) is 5.85. The van der Waals surface area contributed by atoms with Gasteiger partial charge in [0.1, 0.15) is 0 Å². The fourth-order valence-electron chi connectivity index (χ4n) is 2.52. The Morgan fingerprint density at radius 2 is 1.94 bits per heavy atom. The van der Waals surface area contributed by atoms with Crippen molar-refractivity contribution in [2.75, 3.05) is 0 Å². The number of aromatic hydroxyl groups is 1. The van der Waals surface area contributed by atoms with Gasteiger partial charge in [0.25, 0.3) is 0 Å². The van der Waals surface area contributed by atoms with E-state index in [0.717, 1.165) is 12.8 Å². The highest BCUT2D eigenvalue weighted by molar-refractivity contribution is 5.85. The van der Waals surface area contributed by atoms with Gasteiger partial charge in [-0.15, -0.1) is 12.4 Å². The normalized spacial score (nSPS) is 17.8. The zero-order valence-corrected chi connectivity index (χ0v) is 10.8. The molecule has 4 heteroatoms. The first kappa shape index (κ1) is 14.3. The Bertz CT molecular complexity index is 391. The molecule has 0 radical (unpaired) electrons.